The Hall–Kier alpha value is -2.04. The minimum Gasteiger partial charge on any atom is -0.389 e. The van der Waals surface area contributed by atoms with Crippen LogP contribution in [0.15, 0.2) is 48.5 Å². The van der Waals surface area contributed by atoms with Gasteiger partial charge < -0.3 is 20.2 Å². The molecule has 1 aliphatic heterocycles. The molecule has 0 aromatic heterocycles. The number of piperidine rings is 1. The second kappa shape index (κ2) is 8.99. The van der Waals surface area contributed by atoms with Gasteiger partial charge in [0, 0.05) is 63.5 Å². The van der Waals surface area contributed by atoms with Crippen molar-refractivity contribution in [1.82, 2.24) is 5.32 Å². The first-order valence-electron chi connectivity index (χ1n) is 11.2. The summed E-state index contributed by atoms with van der Waals surface area (Å²) in [7, 11) is 8.24. The first kappa shape index (κ1) is 22.6. The van der Waals surface area contributed by atoms with Crippen LogP contribution in [0.2, 0.25) is 0 Å². The Morgan fingerprint density at radius 2 is 1.13 bits per heavy atom. The third-order valence-corrected chi connectivity index (χ3v) is 7.12. The van der Waals surface area contributed by atoms with Crippen molar-refractivity contribution in [3.8, 4) is 0 Å². The van der Waals surface area contributed by atoms with Gasteiger partial charge in [0.1, 0.15) is 0 Å². The number of anilines is 2. The highest BCUT2D eigenvalue weighted by atomic mass is 16.3. The number of nitrogens with zero attached hydrogens (tertiary/aromatic N) is 2. The summed E-state index contributed by atoms with van der Waals surface area (Å²) in [5, 5.41) is 15.8. The molecule has 0 bridgehead atoms. The van der Waals surface area contributed by atoms with Crippen LogP contribution in [0.25, 0.3) is 0 Å². The second-order valence-electron chi connectivity index (χ2n) is 9.41. The number of benzene rings is 2. The van der Waals surface area contributed by atoms with Gasteiger partial charge in [-0.05, 0) is 41.8 Å². The molecule has 2 aromatic carbocycles. The zero-order valence-corrected chi connectivity index (χ0v) is 19.7. The van der Waals surface area contributed by atoms with Gasteiger partial charge in [-0.1, -0.05) is 51.5 Å². The SMILES string of the molecule is CCCC1(O)[C@H](C)[C@H](c2ccc(N(C)C)cc2)N[C@@H](c2ccc(N(C)C)cc2)[C@H]1C. The molecule has 30 heavy (non-hydrogen) atoms. The van der Waals surface area contributed by atoms with Crippen LogP contribution in [0.3, 0.4) is 0 Å². The quantitative estimate of drug-likeness (QED) is 0.704. The molecule has 1 heterocycles. The zero-order chi connectivity index (χ0) is 22.1. The summed E-state index contributed by atoms with van der Waals surface area (Å²) >= 11 is 0. The van der Waals surface area contributed by atoms with E-state index < -0.39 is 5.60 Å². The maximum absolute atomic E-state index is 11.9. The summed E-state index contributed by atoms with van der Waals surface area (Å²) in [6, 6.07) is 17.7. The molecule has 4 atom stereocenters. The lowest BCUT2D eigenvalue weighted by atomic mass is 9.64. The predicted octanol–water partition coefficient (Wildman–Crippen LogP) is 5.01. The van der Waals surface area contributed by atoms with Gasteiger partial charge in [-0.15, -0.1) is 0 Å². The van der Waals surface area contributed by atoms with Crippen LogP contribution in [0.4, 0.5) is 11.4 Å². The van der Waals surface area contributed by atoms with Crippen molar-refractivity contribution >= 4 is 11.4 Å². The monoisotopic (exact) mass is 409 g/mol. The normalized spacial score (nSPS) is 28.9. The van der Waals surface area contributed by atoms with Crippen LogP contribution < -0.4 is 15.1 Å². The molecule has 1 saturated heterocycles. The lowest BCUT2D eigenvalue weighted by Gasteiger charge is -2.52. The van der Waals surface area contributed by atoms with Crippen LogP contribution in [-0.4, -0.2) is 38.9 Å². The van der Waals surface area contributed by atoms with Gasteiger partial charge in [0.05, 0.1) is 5.60 Å². The van der Waals surface area contributed by atoms with Crippen molar-refractivity contribution in [3.63, 3.8) is 0 Å². The van der Waals surface area contributed by atoms with E-state index in [1.165, 1.54) is 22.5 Å². The Kier molecular flexibility index (Phi) is 6.78. The van der Waals surface area contributed by atoms with Crippen LogP contribution in [0.5, 0.6) is 0 Å². The number of rotatable bonds is 6. The van der Waals surface area contributed by atoms with Gasteiger partial charge >= 0.3 is 0 Å². The number of aliphatic hydroxyl groups is 1. The third kappa shape index (κ3) is 4.21. The largest absolute Gasteiger partial charge is 0.389 e. The number of hydrogen-bond donors (Lipinski definition) is 2. The fourth-order valence-corrected chi connectivity index (χ4v) is 5.06. The van der Waals surface area contributed by atoms with Gasteiger partial charge in [-0.25, -0.2) is 0 Å². The summed E-state index contributed by atoms with van der Waals surface area (Å²) < 4.78 is 0. The van der Waals surface area contributed by atoms with Crippen LogP contribution in [0.1, 0.15) is 56.8 Å². The molecule has 1 fully saturated rings. The molecule has 4 heteroatoms. The maximum Gasteiger partial charge on any atom is 0.0734 e. The van der Waals surface area contributed by atoms with Gasteiger partial charge in [0.15, 0.2) is 0 Å². The number of hydrogen-bond acceptors (Lipinski definition) is 4. The molecule has 0 unspecified atom stereocenters. The molecule has 1 aliphatic rings. The molecule has 4 nitrogen and oxygen atoms in total. The minimum absolute atomic E-state index is 0.104. The summed E-state index contributed by atoms with van der Waals surface area (Å²) in [4.78, 5) is 4.23. The van der Waals surface area contributed by atoms with Gasteiger partial charge in [0.25, 0.3) is 0 Å². The molecule has 0 aliphatic carbocycles. The van der Waals surface area contributed by atoms with E-state index in [-0.39, 0.29) is 23.9 Å². The molecule has 0 radical (unpaired) electrons. The summed E-state index contributed by atoms with van der Waals surface area (Å²) in [6.07, 6.45) is 1.79. The predicted molar refractivity (Wildman–Crippen MR) is 128 cm³/mol. The van der Waals surface area contributed by atoms with Gasteiger partial charge in [-0.3, -0.25) is 0 Å². The van der Waals surface area contributed by atoms with E-state index in [2.05, 4.69) is 113 Å². The Morgan fingerprint density at radius 3 is 1.43 bits per heavy atom. The lowest BCUT2D eigenvalue weighted by molar-refractivity contribution is -0.116. The third-order valence-electron chi connectivity index (χ3n) is 7.12. The standard InChI is InChI=1S/C26H39N3O/c1-8-17-26(30)18(2)24(20-9-13-22(14-10-20)28(4)5)27-25(19(26)3)21-11-15-23(16-12-21)29(6)7/h9-16,18-19,24-25,27,30H,8,17H2,1-7H3/t18-,19-,24-,25-/m1/s1. The fourth-order valence-electron chi connectivity index (χ4n) is 5.06. The Morgan fingerprint density at radius 1 is 0.767 bits per heavy atom. The van der Waals surface area contributed by atoms with E-state index in [0.717, 1.165) is 12.8 Å². The molecule has 2 aromatic rings. The molecular formula is C26H39N3O. The lowest BCUT2D eigenvalue weighted by Crippen LogP contribution is -2.57. The van der Waals surface area contributed by atoms with Crippen molar-refractivity contribution in [2.45, 2.75) is 51.3 Å². The average Bonchev–Trinajstić information content (AvgIpc) is 2.73. The highest BCUT2D eigenvalue weighted by Crippen LogP contribution is 2.49. The summed E-state index contributed by atoms with van der Waals surface area (Å²) in [6.45, 7) is 6.57. The highest BCUT2D eigenvalue weighted by molar-refractivity contribution is 5.48. The topological polar surface area (TPSA) is 38.7 Å². The van der Waals surface area contributed by atoms with Crippen molar-refractivity contribution in [3.05, 3.63) is 59.7 Å². The van der Waals surface area contributed by atoms with Crippen molar-refractivity contribution in [2.75, 3.05) is 38.0 Å². The molecule has 164 valence electrons. The van der Waals surface area contributed by atoms with E-state index in [4.69, 9.17) is 0 Å². The smallest absolute Gasteiger partial charge is 0.0734 e. The second-order valence-corrected chi connectivity index (χ2v) is 9.41. The van der Waals surface area contributed by atoms with Gasteiger partial charge in [0.2, 0.25) is 0 Å². The average molecular weight is 410 g/mol. The van der Waals surface area contributed by atoms with Crippen molar-refractivity contribution in [1.29, 1.82) is 0 Å². The maximum atomic E-state index is 11.9. The van der Waals surface area contributed by atoms with E-state index in [0.29, 0.717) is 0 Å². The molecule has 3 rings (SSSR count). The van der Waals surface area contributed by atoms with Crippen LogP contribution in [0, 0.1) is 11.8 Å². The van der Waals surface area contributed by atoms with E-state index in [9.17, 15) is 5.11 Å². The molecule has 2 N–H and O–H groups in total. The summed E-state index contributed by atoms with van der Waals surface area (Å²) in [5.74, 6) is 0.241. The minimum atomic E-state index is -0.713. The Bertz CT molecular complexity index is 750. The van der Waals surface area contributed by atoms with Crippen LogP contribution in [-0.2, 0) is 0 Å². The molecule has 0 amide bonds. The van der Waals surface area contributed by atoms with Crippen LogP contribution >= 0.6 is 0 Å². The summed E-state index contributed by atoms with van der Waals surface area (Å²) in [5.41, 5.74) is 4.15. The molecule has 0 spiro atoms. The van der Waals surface area contributed by atoms with Crippen molar-refractivity contribution < 1.29 is 5.11 Å². The zero-order valence-electron chi connectivity index (χ0n) is 19.7. The number of nitrogens with one attached hydrogen (secondary N) is 1. The molecular weight excluding hydrogens is 370 g/mol. The Labute approximate surface area is 182 Å². The van der Waals surface area contributed by atoms with Gasteiger partial charge in [-0.2, -0.15) is 0 Å². The molecule has 0 saturated carbocycles. The van der Waals surface area contributed by atoms with E-state index in [1.807, 2.05) is 0 Å². The fraction of sp³-hybridized carbons (Fsp3) is 0.538. The highest BCUT2D eigenvalue weighted by Gasteiger charge is 2.50. The van der Waals surface area contributed by atoms with Crippen molar-refractivity contribution in [2.24, 2.45) is 11.8 Å². The van der Waals surface area contributed by atoms with E-state index in [1.54, 1.807) is 0 Å². The first-order valence-corrected chi connectivity index (χ1v) is 11.2. The Balaban J connectivity index is 1.98. The van der Waals surface area contributed by atoms with E-state index >= 15 is 0 Å². The first-order chi connectivity index (χ1) is 14.2.